The first-order chi connectivity index (χ1) is 8.49. The molecule has 0 radical (unpaired) electrons. The van der Waals surface area contributed by atoms with Crippen LogP contribution in [-0.2, 0) is 4.79 Å². The van der Waals surface area contributed by atoms with Crippen molar-refractivity contribution in [3.05, 3.63) is 28.2 Å². The van der Waals surface area contributed by atoms with Gasteiger partial charge in [-0.15, -0.1) is 0 Å². The molecule has 3 N–H and O–H groups in total. The quantitative estimate of drug-likeness (QED) is 0.868. The molecule has 0 bridgehead atoms. The number of nitrogens with one attached hydrogen (secondary N) is 1. The van der Waals surface area contributed by atoms with Gasteiger partial charge in [0.1, 0.15) is 0 Å². The van der Waals surface area contributed by atoms with E-state index in [1.165, 1.54) is 0 Å². The molecule has 0 aliphatic carbocycles. The van der Waals surface area contributed by atoms with Crippen LogP contribution in [-0.4, -0.2) is 12.5 Å². The summed E-state index contributed by atoms with van der Waals surface area (Å²) >= 11 is 11.8. The molecule has 0 saturated heterocycles. The SMILES string of the molecule is CCC(CC)(CN)C(=O)Nc1ccc(Cl)cc1Cl. The number of anilines is 1. The second-order valence-corrected chi connectivity index (χ2v) is 5.11. The Bertz CT molecular complexity index is 423. The van der Waals surface area contributed by atoms with E-state index in [9.17, 15) is 4.79 Å². The summed E-state index contributed by atoms with van der Waals surface area (Å²) in [4.78, 5) is 12.3. The Balaban J connectivity index is 2.93. The molecule has 100 valence electrons. The highest BCUT2D eigenvalue weighted by atomic mass is 35.5. The van der Waals surface area contributed by atoms with Crippen LogP contribution in [0.1, 0.15) is 26.7 Å². The van der Waals surface area contributed by atoms with Crippen molar-refractivity contribution >= 4 is 34.8 Å². The fraction of sp³-hybridized carbons (Fsp3) is 0.462. The van der Waals surface area contributed by atoms with Crippen LogP contribution in [0.2, 0.25) is 10.0 Å². The van der Waals surface area contributed by atoms with E-state index in [1.54, 1.807) is 18.2 Å². The minimum Gasteiger partial charge on any atom is -0.329 e. The van der Waals surface area contributed by atoms with Gasteiger partial charge in [-0.3, -0.25) is 4.79 Å². The largest absolute Gasteiger partial charge is 0.329 e. The molecule has 1 aromatic carbocycles. The van der Waals surface area contributed by atoms with Gasteiger partial charge >= 0.3 is 0 Å². The van der Waals surface area contributed by atoms with Crippen LogP contribution in [0.4, 0.5) is 5.69 Å². The van der Waals surface area contributed by atoms with Crippen molar-refractivity contribution in [2.75, 3.05) is 11.9 Å². The molecule has 0 unspecified atom stereocenters. The van der Waals surface area contributed by atoms with Crippen LogP contribution in [0, 0.1) is 5.41 Å². The van der Waals surface area contributed by atoms with E-state index in [1.807, 2.05) is 13.8 Å². The van der Waals surface area contributed by atoms with Gasteiger partial charge in [0, 0.05) is 11.6 Å². The lowest BCUT2D eigenvalue weighted by Crippen LogP contribution is -2.41. The second kappa shape index (κ2) is 6.41. The highest BCUT2D eigenvalue weighted by Crippen LogP contribution is 2.30. The van der Waals surface area contributed by atoms with Gasteiger partial charge in [0.05, 0.1) is 16.1 Å². The molecule has 0 saturated carbocycles. The summed E-state index contributed by atoms with van der Waals surface area (Å²) < 4.78 is 0. The average molecular weight is 289 g/mol. The minimum atomic E-state index is -0.539. The van der Waals surface area contributed by atoms with Gasteiger partial charge in [-0.25, -0.2) is 0 Å². The van der Waals surface area contributed by atoms with Gasteiger partial charge in [-0.2, -0.15) is 0 Å². The fourth-order valence-electron chi connectivity index (χ4n) is 1.80. The molecule has 0 spiro atoms. The molecular formula is C13H18Cl2N2O. The maximum atomic E-state index is 12.3. The summed E-state index contributed by atoms with van der Waals surface area (Å²) in [5, 5.41) is 3.78. The molecule has 1 aromatic rings. The maximum Gasteiger partial charge on any atom is 0.231 e. The van der Waals surface area contributed by atoms with Gasteiger partial charge in [-0.05, 0) is 31.0 Å². The lowest BCUT2D eigenvalue weighted by atomic mass is 9.81. The van der Waals surface area contributed by atoms with Crippen molar-refractivity contribution in [1.29, 1.82) is 0 Å². The Morgan fingerprint density at radius 2 is 1.94 bits per heavy atom. The van der Waals surface area contributed by atoms with Crippen LogP contribution in [0.3, 0.4) is 0 Å². The van der Waals surface area contributed by atoms with Crippen LogP contribution in [0.25, 0.3) is 0 Å². The van der Waals surface area contributed by atoms with Crippen molar-refractivity contribution in [2.24, 2.45) is 11.1 Å². The highest BCUT2D eigenvalue weighted by molar-refractivity contribution is 6.36. The van der Waals surface area contributed by atoms with E-state index in [-0.39, 0.29) is 5.91 Å². The number of hydrogen-bond donors (Lipinski definition) is 2. The van der Waals surface area contributed by atoms with E-state index in [4.69, 9.17) is 28.9 Å². The molecule has 18 heavy (non-hydrogen) atoms. The summed E-state index contributed by atoms with van der Waals surface area (Å²) in [6, 6.07) is 4.97. The van der Waals surface area contributed by atoms with E-state index in [0.29, 0.717) is 35.1 Å². The summed E-state index contributed by atoms with van der Waals surface area (Å²) in [6.45, 7) is 4.23. The standard InChI is InChI=1S/C13H18Cl2N2O/c1-3-13(4-2,8-16)12(18)17-11-6-5-9(14)7-10(11)15/h5-7H,3-4,8,16H2,1-2H3,(H,17,18). The lowest BCUT2D eigenvalue weighted by Gasteiger charge is -2.28. The normalized spacial score (nSPS) is 11.4. The van der Waals surface area contributed by atoms with Crippen LogP contribution < -0.4 is 11.1 Å². The highest BCUT2D eigenvalue weighted by Gasteiger charge is 2.33. The Labute approximate surface area is 118 Å². The van der Waals surface area contributed by atoms with Crippen LogP contribution in [0.5, 0.6) is 0 Å². The maximum absolute atomic E-state index is 12.3. The van der Waals surface area contributed by atoms with Crippen LogP contribution >= 0.6 is 23.2 Å². The predicted octanol–water partition coefficient (Wildman–Crippen LogP) is 3.70. The fourth-order valence-corrected chi connectivity index (χ4v) is 2.25. The molecule has 0 heterocycles. The van der Waals surface area contributed by atoms with E-state index in [2.05, 4.69) is 5.32 Å². The predicted molar refractivity (Wildman–Crippen MR) is 77.2 cm³/mol. The molecule has 1 rings (SSSR count). The molecule has 1 amide bonds. The Morgan fingerprint density at radius 3 is 2.39 bits per heavy atom. The Kier molecular flexibility index (Phi) is 5.45. The number of benzene rings is 1. The van der Waals surface area contributed by atoms with Gasteiger partial charge in [0.25, 0.3) is 0 Å². The number of carbonyl (C=O) groups excluding carboxylic acids is 1. The van der Waals surface area contributed by atoms with Crippen molar-refractivity contribution < 1.29 is 4.79 Å². The summed E-state index contributed by atoms with van der Waals surface area (Å²) in [5.41, 5.74) is 5.75. The Morgan fingerprint density at radius 1 is 1.33 bits per heavy atom. The number of hydrogen-bond acceptors (Lipinski definition) is 2. The molecule has 0 aromatic heterocycles. The summed E-state index contributed by atoms with van der Waals surface area (Å²) in [5.74, 6) is -0.0979. The third-order valence-corrected chi connectivity index (χ3v) is 3.95. The minimum absolute atomic E-state index is 0.0979. The zero-order valence-electron chi connectivity index (χ0n) is 10.6. The van der Waals surface area contributed by atoms with Gasteiger partial charge < -0.3 is 11.1 Å². The Hall–Kier alpha value is -0.770. The summed E-state index contributed by atoms with van der Waals surface area (Å²) in [7, 11) is 0. The number of amides is 1. The van der Waals surface area contributed by atoms with Crippen molar-refractivity contribution in [1.82, 2.24) is 0 Å². The zero-order valence-corrected chi connectivity index (χ0v) is 12.1. The average Bonchev–Trinajstić information content (AvgIpc) is 2.36. The number of rotatable bonds is 5. The summed E-state index contributed by atoms with van der Waals surface area (Å²) in [6.07, 6.45) is 1.38. The molecule has 0 aliphatic rings. The monoisotopic (exact) mass is 288 g/mol. The number of nitrogens with two attached hydrogens (primary N) is 1. The number of halogens is 2. The van der Waals surface area contributed by atoms with E-state index >= 15 is 0 Å². The second-order valence-electron chi connectivity index (χ2n) is 4.27. The van der Waals surface area contributed by atoms with Gasteiger partial charge in [0.2, 0.25) is 5.91 Å². The lowest BCUT2D eigenvalue weighted by molar-refractivity contribution is -0.125. The molecular weight excluding hydrogens is 271 g/mol. The van der Waals surface area contributed by atoms with Crippen molar-refractivity contribution in [3.63, 3.8) is 0 Å². The molecule has 0 aliphatic heterocycles. The first-order valence-electron chi connectivity index (χ1n) is 5.95. The first-order valence-corrected chi connectivity index (χ1v) is 6.71. The van der Waals surface area contributed by atoms with Crippen molar-refractivity contribution in [3.8, 4) is 0 Å². The smallest absolute Gasteiger partial charge is 0.231 e. The zero-order chi connectivity index (χ0) is 13.8. The molecule has 3 nitrogen and oxygen atoms in total. The number of carbonyl (C=O) groups is 1. The van der Waals surface area contributed by atoms with Crippen LogP contribution in [0.15, 0.2) is 18.2 Å². The van der Waals surface area contributed by atoms with E-state index < -0.39 is 5.41 Å². The topological polar surface area (TPSA) is 55.1 Å². The molecule has 0 fully saturated rings. The van der Waals surface area contributed by atoms with Gasteiger partial charge in [-0.1, -0.05) is 37.0 Å². The first kappa shape index (κ1) is 15.3. The molecule has 0 atom stereocenters. The van der Waals surface area contributed by atoms with Gasteiger partial charge in [0.15, 0.2) is 0 Å². The third kappa shape index (κ3) is 3.16. The third-order valence-electron chi connectivity index (χ3n) is 3.41. The van der Waals surface area contributed by atoms with Crippen molar-refractivity contribution in [2.45, 2.75) is 26.7 Å². The molecule has 5 heteroatoms. The van der Waals surface area contributed by atoms with E-state index in [0.717, 1.165) is 0 Å².